The Hall–Kier alpha value is -2.47. The van der Waals surface area contributed by atoms with Gasteiger partial charge in [0, 0.05) is 12.7 Å². The molecule has 128 valence electrons. The van der Waals surface area contributed by atoms with Gasteiger partial charge in [0.2, 0.25) is 0 Å². The molecule has 0 bridgehead atoms. The molecule has 1 atom stereocenters. The molecule has 1 aromatic carbocycles. The van der Waals surface area contributed by atoms with Crippen LogP contribution in [-0.2, 0) is 6.54 Å². The maximum Gasteiger partial charge on any atom is 0.315 e. The van der Waals surface area contributed by atoms with Gasteiger partial charge in [-0.15, -0.1) is 0 Å². The van der Waals surface area contributed by atoms with E-state index in [1.807, 2.05) is 21.0 Å². The van der Waals surface area contributed by atoms with Gasteiger partial charge in [-0.05, 0) is 39.6 Å². The maximum atomic E-state index is 12.0. The Morgan fingerprint density at radius 3 is 2.46 bits per heavy atom. The first kappa shape index (κ1) is 17.9. The van der Waals surface area contributed by atoms with Crippen molar-refractivity contribution in [3.63, 3.8) is 0 Å². The van der Waals surface area contributed by atoms with Gasteiger partial charge in [-0.1, -0.05) is 29.8 Å². The van der Waals surface area contributed by atoms with E-state index in [4.69, 9.17) is 0 Å². The molecule has 2 amide bonds. The van der Waals surface area contributed by atoms with E-state index in [2.05, 4.69) is 56.7 Å². The molecule has 2 aromatic rings. The Balaban J connectivity index is 1.87. The van der Waals surface area contributed by atoms with Gasteiger partial charge in [-0.2, -0.15) is 0 Å². The molecule has 0 spiro atoms. The molecule has 6 nitrogen and oxygen atoms in total. The lowest BCUT2D eigenvalue weighted by Gasteiger charge is -2.25. The molecule has 1 unspecified atom stereocenters. The predicted octanol–water partition coefficient (Wildman–Crippen LogP) is 2.20. The van der Waals surface area contributed by atoms with E-state index in [1.54, 1.807) is 12.3 Å². The second-order valence-electron chi connectivity index (χ2n) is 6.05. The Labute approximate surface area is 143 Å². The van der Waals surface area contributed by atoms with E-state index in [1.165, 1.54) is 11.1 Å². The minimum atomic E-state index is -0.203. The number of rotatable bonds is 6. The number of aromatic nitrogens is 2. The summed E-state index contributed by atoms with van der Waals surface area (Å²) < 4.78 is 0. The zero-order valence-electron chi connectivity index (χ0n) is 14.7. The van der Waals surface area contributed by atoms with E-state index in [0.29, 0.717) is 18.9 Å². The standard InChI is InChI=1S/C18H25N5O/c1-13-5-7-15(8-6-13)17(23(3)4)12-21-18(24)20-11-16-9-10-19-14(2)22-16/h5-10,17H,11-12H2,1-4H3,(H2,20,21,24). The van der Waals surface area contributed by atoms with E-state index in [-0.39, 0.29) is 12.1 Å². The van der Waals surface area contributed by atoms with Crippen molar-refractivity contribution in [2.75, 3.05) is 20.6 Å². The Bertz CT molecular complexity index is 669. The average molecular weight is 327 g/mol. The molecule has 0 aliphatic heterocycles. The highest BCUT2D eigenvalue weighted by atomic mass is 16.2. The number of hydrogen-bond donors (Lipinski definition) is 2. The monoisotopic (exact) mass is 327 g/mol. The van der Waals surface area contributed by atoms with Crippen molar-refractivity contribution in [3.05, 3.63) is 59.2 Å². The molecule has 2 rings (SSSR count). The zero-order valence-corrected chi connectivity index (χ0v) is 14.7. The molecule has 0 saturated carbocycles. The number of likely N-dealkylation sites (N-methyl/N-ethyl adjacent to an activating group) is 1. The van der Waals surface area contributed by atoms with Crippen LogP contribution < -0.4 is 10.6 Å². The van der Waals surface area contributed by atoms with Crippen LogP contribution in [0.1, 0.15) is 28.7 Å². The number of amides is 2. The topological polar surface area (TPSA) is 70.1 Å². The fourth-order valence-corrected chi connectivity index (χ4v) is 2.41. The van der Waals surface area contributed by atoms with Crippen molar-refractivity contribution in [1.29, 1.82) is 0 Å². The van der Waals surface area contributed by atoms with Crippen LogP contribution in [-0.4, -0.2) is 41.5 Å². The lowest BCUT2D eigenvalue weighted by Crippen LogP contribution is -2.40. The third-order valence-electron chi connectivity index (χ3n) is 3.81. The minimum Gasteiger partial charge on any atom is -0.336 e. The molecule has 1 aromatic heterocycles. The van der Waals surface area contributed by atoms with Crippen molar-refractivity contribution in [2.45, 2.75) is 26.4 Å². The lowest BCUT2D eigenvalue weighted by molar-refractivity contribution is 0.232. The predicted molar refractivity (Wildman–Crippen MR) is 94.6 cm³/mol. The van der Waals surface area contributed by atoms with Crippen LogP contribution in [0.2, 0.25) is 0 Å². The van der Waals surface area contributed by atoms with Crippen LogP contribution in [0.3, 0.4) is 0 Å². The molecule has 0 aliphatic rings. The molecule has 1 heterocycles. The van der Waals surface area contributed by atoms with E-state index in [9.17, 15) is 4.79 Å². The van der Waals surface area contributed by atoms with Gasteiger partial charge in [-0.25, -0.2) is 14.8 Å². The molecular weight excluding hydrogens is 302 g/mol. The summed E-state index contributed by atoms with van der Waals surface area (Å²) in [5, 5.41) is 5.75. The second-order valence-corrected chi connectivity index (χ2v) is 6.05. The van der Waals surface area contributed by atoms with Crippen LogP contribution in [0.25, 0.3) is 0 Å². The van der Waals surface area contributed by atoms with Crippen molar-refractivity contribution < 1.29 is 4.79 Å². The van der Waals surface area contributed by atoms with Crippen LogP contribution in [0.15, 0.2) is 36.5 Å². The molecule has 0 radical (unpaired) electrons. The number of benzene rings is 1. The summed E-state index contributed by atoms with van der Waals surface area (Å²) in [5.74, 6) is 0.696. The number of carbonyl (C=O) groups excluding carboxylic acids is 1. The number of hydrogen-bond acceptors (Lipinski definition) is 4. The summed E-state index contributed by atoms with van der Waals surface area (Å²) in [7, 11) is 4.02. The van der Waals surface area contributed by atoms with Crippen LogP contribution >= 0.6 is 0 Å². The highest BCUT2D eigenvalue weighted by molar-refractivity contribution is 5.73. The van der Waals surface area contributed by atoms with Crippen LogP contribution in [0.4, 0.5) is 4.79 Å². The first-order valence-electron chi connectivity index (χ1n) is 7.99. The summed E-state index contributed by atoms with van der Waals surface area (Å²) in [6.45, 7) is 4.80. The summed E-state index contributed by atoms with van der Waals surface area (Å²) in [4.78, 5) is 22.4. The number of nitrogens with zero attached hydrogens (tertiary/aromatic N) is 3. The molecule has 0 saturated heterocycles. The molecule has 6 heteroatoms. The normalized spacial score (nSPS) is 12.0. The largest absolute Gasteiger partial charge is 0.336 e. The number of nitrogens with one attached hydrogen (secondary N) is 2. The van der Waals surface area contributed by atoms with Crippen molar-refractivity contribution in [2.24, 2.45) is 0 Å². The van der Waals surface area contributed by atoms with Crippen LogP contribution in [0.5, 0.6) is 0 Å². The highest BCUT2D eigenvalue weighted by Gasteiger charge is 2.15. The van der Waals surface area contributed by atoms with Gasteiger partial charge in [-0.3, -0.25) is 0 Å². The van der Waals surface area contributed by atoms with E-state index >= 15 is 0 Å². The molecule has 0 aliphatic carbocycles. The quantitative estimate of drug-likeness (QED) is 0.853. The van der Waals surface area contributed by atoms with Crippen molar-refractivity contribution in [1.82, 2.24) is 25.5 Å². The van der Waals surface area contributed by atoms with Gasteiger partial charge in [0.1, 0.15) is 5.82 Å². The van der Waals surface area contributed by atoms with Gasteiger partial charge in [0.25, 0.3) is 0 Å². The van der Waals surface area contributed by atoms with Gasteiger partial charge < -0.3 is 15.5 Å². The summed E-state index contributed by atoms with van der Waals surface area (Å²) in [5.41, 5.74) is 3.19. The average Bonchev–Trinajstić information content (AvgIpc) is 2.54. The lowest BCUT2D eigenvalue weighted by atomic mass is 10.0. The summed E-state index contributed by atoms with van der Waals surface area (Å²) >= 11 is 0. The molecule has 0 fully saturated rings. The smallest absolute Gasteiger partial charge is 0.315 e. The molecular formula is C18H25N5O. The highest BCUT2D eigenvalue weighted by Crippen LogP contribution is 2.17. The van der Waals surface area contributed by atoms with Crippen molar-refractivity contribution >= 4 is 6.03 Å². The Morgan fingerprint density at radius 1 is 1.12 bits per heavy atom. The Morgan fingerprint density at radius 2 is 1.83 bits per heavy atom. The summed E-state index contributed by atoms with van der Waals surface area (Å²) in [6.07, 6.45) is 1.69. The minimum absolute atomic E-state index is 0.123. The SMILES string of the molecule is Cc1ccc(C(CNC(=O)NCc2ccnc(C)n2)N(C)C)cc1. The molecule has 2 N–H and O–H groups in total. The zero-order chi connectivity index (χ0) is 17.5. The number of aryl methyl sites for hydroxylation is 2. The van der Waals surface area contributed by atoms with Crippen molar-refractivity contribution in [3.8, 4) is 0 Å². The van der Waals surface area contributed by atoms with Gasteiger partial charge in [0.15, 0.2) is 0 Å². The number of carbonyl (C=O) groups is 1. The van der Waals surface area contributed by atoms with E-state index in [0.717, 1.165) is 5.69 Å². The Kier molecular flexibility index (Phi) is 6.26. The third kappa shape index (κ3) is 5.31. The fraction of sp³-hybridized carbons (Fsp3) is 0.389. The van der Waals surface area contributed by atoms with E-state index < -0.39 is 0 Å². The van der Waals surface area contributed by atoms with Gasteiger partial charge >= 0.3 is 6.03 Å². The second kappa shape index (κ2) is 8.40. The summed E-state index contributed by atoms with van der Waals surface area (Å²) in [6, 6.07) is 10.1. The maximum absolute atomic E-state index is 12.0. The molecule has 24 heavy (non-hydrogen) atoms. The number of urea groups is 1. The first-order valence-corrected chi connectivity index (χ1v) is 7.99. The first-order chi connectivity index (χ1) is 11.5. The fourth-order valence-electron chi connectivity index (χ4n) is 2.41. The third-order valence-corrected chi connectivity index (χ3v) is 3.81. The van der Waals surface area contributed by atoms with Gasteiger partial charge in [0.05, 0.1) is 18.3 Å². The van der Waals surface area contributed by atoms with Crippen LogP contribution in [0, 0.1) is 13.8 Å².